The Morgan fingerprint density at radius 2 is 1.93 bits per heavy atom. The molecule has 28 heavy (non-hydrogen) atoms. The number of halogens is 1. The first-order chi connectivity index (χ1) is 13.3. The second-order valence-electron chi connectivity index (χ2n) is 8.09. The first-order valence-corrected chi connectivity index (χ1v) is 10.3. The molecule has 0 bridgehead atoms. The summed E-state index contributed by atoms with van der Waals surface area (Å²) in [6.07, 6.45) is 6.12. The maximum absolute atomic E-state index is 12.8. The Hall–Kier alpha value is -1.92. The van der Waals surface area contributed by atoms with E-state index in [1.807, 2.05) is 4.90 Å². The van der Waals surface area contributed by atoms with Crippen molar-refractivity contribution < 1.29 is 4.79 Å². The molecule has 0 saturated carbocycles. The molecule has 1 amide bonds. The molecular formula is C21H28ClN5O. The fourth-order valence-corrected chi connectivity index (χ4v) is 4.83. The summed E-state index contributed by atoms with van der Waals surface area (Å²) in [5, 5.41) is 12.1. The number of likely N-dealkylation sites (tertiary alicyclic amines) is 1. The van der Waals surface area contributed by atoms with Crippen LogP contribution < -0.4 is 5.32 Å². The number of nitrogens with one attached hydrogen (secondary N) is 1. The van der Waals surface area contributed by atoms with E-state index in [0.29, 0.717) is 12.3 Å². The Morgan fingerprint density at radius 1 is 1.11 bits per heavy atom. The molecular weight excluding hydrogens is 374 g/mol. The van der Waals surface area contributed by atoms with Gasteiger partial charge in [0.15, 0.2) is 0 Å². The summed E-state index contributed by atoms with van der Waals surface area (Å²) in [5.74, 6) is 2.86. The van der Waals surface area contributed by atoms with Crippen molar-refractivity contribution in [3.8, 4) is 0 Å². The van der Waals surface area contributed by atoms with Crippen molar-refractivity contribution >= 4 is 18.3 Å². The van der Waals surface area contributed by atoms with Gasteiger partial charge in [-0.25, -0.2) is 0 Å². The monoisotopic (exact) mass is 401 g/mol. The number of amides is 1. The smallest absolute Gasteiger partial charge is 0.226 e. The summed E-state index contributed by atoms with van der Waals surface area (Å²) in [6.45, 7) is 4.40. The minimum atomic E-state index is 0. The highest BCUT2D eigenvalue weighted by molar-refractivity contribution is 5.85. The Morgan fingerprint density at radius 3 is 2.79 bits per heavy atom. The van der Waals surface area contributed by atoms with E-state index in [1.54, 1.807) is 0 Å². The van der Waals surface area contributed by atoms with E-state index in [2.05, 4.69) is 38.3 Å². The van der Waals surface area contributed by atoms with E-state index >= 15 is 0 Å². The quantitative estimate of drug-likeness (QED) is 0.856. The van der Waals surface area contributed by atoms with Crippen molar-refractivity contribution in [3.63, 3.8) is 0 Å². The van der Waals surface area contributed by atoms with Crippen molar-refractivity contribution in [2.75, 3.05) is 19.6 Å². The number of rotatable bonds is 3. The van der Waals surface area contributed by atoms with Crippen LogP contribution in [-0.4, -0.2) is 45.2 Å². The number of fused-ring (bicyclic) bond motifs is 2. The standard InChI is InChI=1S/C21H27N5O.ClH/c27-20(13-15-4-5-16-2-1-3-18(16)12-15)25-9-6-17(7-10-25)21-24-23-19-14-22-8-11-26(19)21;/h4-5,12,17,22H,1-3,6-11,13-14H2;1H. The minimum absolute atomic E-state index is 0. The zero-order chi connectivity index (χ0) is 18.2. The number of hydrogen-bond donors (Lipinski definition) is 1. The molecule has 3 aliphatic rings. The number of nitrogens with zero attached hydrogens (tertiary/aromatic N) is 4. The highest BCUT2D eigenvalue weighted by Crippen LogP contribution is 2.28. The third-order valence-electron chi connectivity index (χ3n) is 6.38. The zero-order valence-electron chi connectivity index (χ0n) is 16.2. The number of carbonyl (C=O) groups is 1. The molecule has 1 aromatic carbocycles. The van der Waals surface area contributed by atoms with Crippen LogP contribution >= 0.6 is 12.4 Å². The molecule has 1 N–H and O–H groups in total. The summed E-state index contributed by atoms with van der Waals surface area (Å²) in [4.78, 5) is 14.8. The van der Waals surface area contributed by atoms with Crippen LogP contribution in [0.15, 0.2) is 18.2 Å². The molecule has 3 heterocycles. The van der Waals surface area contributed by atoms with Crippen LogP contribution in [0.4, 0.5) is 0 Å². The molecule has 1 saturated heterocycles. The molecule has 0 atom stereocenters. The van der Waals surface area contributed by atoms with Crippen molar-refractivity contribution in [1.82, 2.24) is 25.0 Å². The number of piperidine rings is 1. The van der Waals surface area contributed by atoms with Gasteiger partial charge >= 0.3 is 0 Å². The van der Waals surface area contributed by atoms with E-state index in [9.17, 15) is 4.79 Å². The molecule has 2 aromatic rings. The maximum Gasteiger partial charge on any atom is 0.226 e. The number of aromatic nitrogens is 3. The van der Waals surface area contributed by atoms with Crippen molar-refractivity contribution in [2.24, 2.45) is 0 Å². The highest BCUT2D eigenvalue weighted by atomic mass is 35.5. The molecule has 6 nitrogen and oxygen atoms in total. The van der Waals surface area contributed by atoms with Gasteiger partial charge in [-0.1, -0.05) is 18.2 Å². The largest absolute Gasteiger partial charge is 0.342 e. The summed E-state index contributed by atoms with van der Waals surface area (Å²) in [7, 11) is 0. The predicted molar refractivity (Wildman–Crippen MR) is 110 cm³/mol. The van der Waals surface area contributed by atoms with Gasteiger partial charge in [0.05, 0.1) is 13.0 Å². The fourth-order valence-electron chi connectivity index (χ4n) is 4.83. The lowest BCUT2D eigenvalue weighted by Crippen LogP contribution is -2.39. The van der Waals surface area contributed by atoms with Crippen LogP contribution in [0.3, 0.4) is 0 Å². The van der Waals surface area contributed by atoms with Gasteiger partial charge in [0.1, 0.15) is 11.6 Å². The molecule has 2 aliphatic heterocycles. The number of aryl methyl sites for hydroxylation is 2. The molecule has 1 fully saturated rings. The first-order valence-electron chi connectivity index (χ1n) is 10.3. The average Bonchev–Trinajstić information content (AvgIpc) is 3.34. The third kappa shape index (κ3) is 3.67. The Bertz CT molecular complexity index is 856. The molecule has 1 aromatic heterocycles. The molecule has 0 spiro atoms. The normalized spacial score (nSPS) is 19.1. The van der Waals surface area contributed by atoms with E-state index < -0.39 is 0 Å². The molecule has 0 radical (unpaired) electrons. The Balaban J connectivity index is 0.00000192. The van der Waals surface area contributed by atoms with Gasteiger partial charge in [0, 0.05) is 32.1 Å². The molecule has 1 aliphatic carbocycles. The van der Waals surface area contributed by atoms with Crippen LogP contribution in [0, 0.1) is 0 Å². The molecule has 5 rings (SSSR count). The number of benzene rings is 1. The van der Waals surface area contributed by atoms with Crippen LogP contribution in [-0.2, 0) is 37.1 Å². The Kier molecular flexibility index (Phi) is 5.69. The van der Waals surface area contributed by atoms with Crippen LogP contribution in [0.2, 0.25) is 0 Å². The topological polar surface area (TPSA) is 63.1 Å². The van der Waals surface area contributed by atoms with Gasteiger partial charge in [-0.3, -0.25) is 4.79 Å². The first kappa shape index (κ1) is 19.4. The molecule has 150 valence electrons. The van der Waals surface area contributed by atoms with Crippen molar-refractivity contribution in [1.29, 1.82) is 0 Å². The van der Waals surface area contributed by atoms with Gasteiger partial charge in [0.25, 0.3) is 0 Å². The van der Waals surface area contributed by atoms with Crippen LogP contribution in [0.5, 0.6) is 0 Å². The third-order valence-corrected chi connectivity index (χ3v) is 6.38. The van der Waals surface area contributed by atoms with Gasteiger partial charge in [-0.05, 0) is 48.8 Å². The SMILES string of the molecule is Cl.O=C(Cc1ccc2c(c1)CCC2)N1CCC(c2nnc3n2CCNC3)CC1. The zero-order valence-corrected chi connectivity index (χ0v) is 17.0. The Labute approximate surface area is 172 Å². The second kappa shape index (κ2) is 8.21. The summed E-state index contributed by atoms with van der Waals surface area (Å²) in [5.41, 5.74) is 4.09. The summed E-state index contributed by atoms with van der Waals surface area (Å²) in [6, 6.07) is 6.62. The van der Waals surface area contributed by atoms with E-state index in [1.165, 1.54) is 36.0 Å². The van der Waals surface area contributed by atoms with E-state index in [-0.39, 0.29) is 18.3 Å². The fraction of sp³-hybridized carbons (Fsp3) is 0.571. The highest BCUT2D eigenvalue weighted by Gasteiger charge is 2.28. The van der Waals surface area contributed by atoms with Crippen molar-refractivity contribution in [3.05, 3.63) is 46.5 Å². The minimum Gasteiger partial charge on any atom is -0.342 e. The predicted octanol–water partition coefficient (Wildman–Crippen LogP) is 2.24. The lowest BCUT2D eigenvalue weighted by molar-refractivity contribution is -0.131. The second-order valence-corrected chi connectivity index (χ2v) is 8.09. The molecule has 7 heteroatoms. The maximum atomic E-state index is 12.8. The lowest BCUT2D eigenvalue weighted by Gasteiger charge is -2.32. The number of hydrogen-bond acceptors (Lipinski definition) is 4. The van der Waals surface area contributed by atoms with Crippen molar-refractivity contribution in [2.45, 2.75) is 57.5 Å². The van der Waals surface area contributed by atoms with E-state index in [0.717, 1.165) is 57.2 Å². The van der Waals surface area contributed by atoms with Gasteiger partial charge < -0.3 is 14.8 Å². The molecule has 0 unspecified atom stereocenters. The lowest BCUT2D eigenvalue weighted by atomic mass is 9.95. The summed E-state index contributed by atoms with van der Waals surface area (Å²) < 4.78 is 2.28. The average molecular weight is 402 g/mol. The van der Waals surface area contributed by atoms with Gasteiger partial charge in [-0.15, -0.1) is 22.6 Å². The van der Waals surface area contributed by atoms with Gasteiger partial charge in [0.2, 0.25) is 5.91 Å². The van der Waals surface area contributed by atoms with Crippen LogP contribution in [0.1, 0.15) is 53.5 Å². The summed E-state index contributed by atoms with van der Waals surface area (Å²) >= 11 is 0. The number of carbonyl (C=O) groups excluding carboxylic acids is 1. The van der Waals surface area contributed by atoms with Gasteiger partial charge in [-0.2, -0.15) is 0 Å². The van der Waals surface area contributed by atoms with Crippen LogP contribution in [0.25, 0.3) is 0 Å². The van der Waals surface area contributed by atoms with E-state index in [4.69, 9.17) is 0 Å².